The molecule has 0 saturated carbocycles. The summed E-state index contributed by atoms with van der Waals surface area (Å²) >= 11 is 6.10. The Bertz CT molecular complexity index is 115. The van der Waals surface area contributed by atoms with Gasteiger partial charge in [0, 0.05) is 0 Å². The zero-order valence-electron chi connectivity index (χ0n) is 6.48. The lowest BCUT2D eigenvalue weighted by Crippen LogP contribution is -2.12. The molecule has 0 aromatic rings. The third kappa shape index (κ3) is 6.81. The second-order valence-corrected chi connectivity index (χ2v) is 5.24. The summed E-state index contributed by atoms with van der Waals surface area (Å²) in [6.07, 6.45) is 3.21. The van der Waals surface area contributed by atoms with E-state index < -0.39 is 0 Å². The van der Waals surface area contributed by atoms with Crippen LogP contribution in [0.3, 0.4) is 0 Å². The van der Waals surface area contributed by atoms with Crippen molar-refractivity contribution in [3.05, 3.63) is 0 Å². The van der Waals surface area contributed by atoms with Crippen LogP contribution in [-0.4, -0.2) is 16.3 Å². The molecule has 66 valence electrons. The zero-order valence-corrected chi connectivity index (χ0v) is 9.65. The fraction of sp³-hybridized carbons (Fsp3) is 0.857. The first-order valence-corrected chi connectivity index (χ1v) is 5.46. The number of hydrogen-bond acceptors (Lipinski definition) is 2. The van der Waals surface area contributed by atoms with E-state index in [9.17, 15) is 4.79 Å². The molecule has 4 heteroatoms. The number of carbonyl (C=O) groups is 1. The van der Waals surface area contributed by atoms with Crippen molar-refractivity contribution < 1.29 is 9.53 Å². The van der Waals surface area contributed by atoms with E-state index >= 15 is 0 Å². The van der Waals surface area contributed by atoms with Crippen LogP contribution in [0.5, 0.6) is 0 Å². The Morgan fingerprint density at radius 1 is 1.45 bits per heavy atom. The number of carbonyl (C=O) groups excluding carboxylic acids is 1. The van der Waals surface area contributed by atoms with Crippen molar-refractivity contribution in [2.75, 3.05) is 6.61 Å². The molecule has 0 amide bonds. The molecule has 0 atom stereocenters. The topological polar surface area (TPSA) is 26.3 Å². The van der Waals surface area contributed by atoms with E-state index in [0.29, 0.717) is 6.61 Å². The van der Waals surface area contributed by atoms with Gasteiger partial charge in [-0.2, -0.15) is 0 Å². The molecule has 0 aromatic heterocycles. The fourth-order valence-electron chi connectivity index (χ4n) is 0.588. The van der Waals surface area contributed by atoms with Crippen molar-refractivity contribution >= 4 is 37.8 Å². The molecule has 0 aliphatic rings. The monoisotopic (exact) mass is 286 g/mol. The van der Waals surface area contributed by atoms with E-state index in [1.54, 1.807) is 0 Å². The summed E-state index contributed by atoms with van der Waals surface area (Å²) < 4.78 is 4.51. The highest BCUT2D eigenvalue weighted by Crippen LogP contribution is 2.09. The smallest absolute Gasteiger partial charge is 0.330 e. The maximum atomic E-state index is 10.8. The Morgan fingerprint density at radius 3 is 2.55 bits per heavy atom. The van der Waals surface area contributed by atoms with Gasteiger partial charge in [-0.3, -0.25) is 0 Å². The molecule has 0 bridgehead atoms. The van der Waals surface area contributed by atoms with Gasteiger partial charge < -0.3 is 4.74 Å². The van der Waals surface area contributed by atoms with Crippen molar-refractivity contribution in [2.24, 2.45) is 0 Å². The molecule has 0 fully saturated rings. The third-order valence-electron chi connectivity index (χ3n) is 1.17. The lowest BCUT2D eigenvalue weighted by molar-refractivity contribution is -0.141. The molecule has 0 saturated heterocycles. The van der Waals surface area contributed by atoms with E-state index in [1.807, 2.05) is 0 Å². The number of unbranched alkanes of at least 4 members (excludes halogenated alkanes) is 2. The Hall–Kier alpha value is 0.430. The first-order chi connectivity index (χ1) is 5.18. The summed E-state index contributed by atoms with van der Waals surface area (Å²) in [6.45, 7) is 2.64. The van der Waals surface area contributed by atoms with Gasteiger partial charge in [-0.15, -0.1) is 0 Å². The van der Waals surface area contributed by atoms with Crippen LogP contribution < -0.4 is 0 Å². The highest BCUT2D eigenvalue weighted by Gasteiger charge is 2.10. The van der Waals surface area contributed by atoms with Crippen LogP contribution in [0.2, 0.25) is 0 Å². The van der Waals surface area contributed by atoms with Crippen molar-refractivity contribution in [3.63, 3.8) is 0 Å². The zero-order chi connectivity index (χ0) is 8.69. The molecule has 0 aliphatic carbocycles. The van der Waals surface area contributed by atoms with Gasteiger partial charge in [0.25, 0.3) is 0 Å². The molecule has 0 heterocycles. The van der Waals surface area contributed by atoms with Gasteiger partial charge in [0.1, 0.15) is 0 Å². The number of alkyl halides is 2. The van der Waals surface area contributed by atoms with E-state index in [0.717, 1.165) is 19.3 Å². The summed E-state index contributed by atoms with van der Waals surface area (Å²) in [7, 11) is 0. The van der Waals surface area contributed by atoms with E-state index in [-0.39, 0.29) is 9.71 Å². The van der Waals surface area contributed by atoms with Gasteiger partial charge in [-0.1, -0.05) is 51.6 Å². The van der Waals surface area contributed by atoms with Crippen molar-refractivity contribution in [3.8, 4) is 0 Å². The van der Waals surface area contributed by atoms with Crippen LogP contribution in [0, 0.1) is 0 Å². The Balaban J connectivity index is 3.18. The van der Waals surface area contributed by atoms with Gasteiger partial charge >= 0.3 is 5.97 Å². The molecule has 0 N–H and O–H groups in total. The molecule has 0 rings (SSSR count). The average Bonchev–Trinajstić information content (AvgIpc) is 1.97. The van der Waals surface area contributed by atoms with Gasteiger partial charge in [-0.05, 0) is 6.42 Å². The van der Waals surface area contributed by atoms with E-state index in [4.69, 9.17) is 4.74 Å². The maximum Gasteiger partial charge on any atom is 0.330 e. The average molecular weight is 288 g/mol. The summed E-state index contributed by atoms with van der Waals surface area (Å²) in [5.41, 5.74) is 0. The van der Waals surface area contributed by atoms with Crippen LogP contribution in [0.25, 0.3) is 0 Å². The van der Waals surface area contributed by atoms with Gasteiger partial charge in [-0.25, -0.2) is 4.79 Å². The molecule has 0 radical (unpaired) electrons. The quantitative estimate of drug-likeness (QED) is 0.442. The molecular weight excluding hydrogens is 276 g/mol. The largest absolute Gasteiger partial charge is 0.464 e. The number of ether oxygens (including phenoxy) is 1. The standard InChI is InChI=1S/C7H12Br2O2/c1-2-3-4-5-11-7(10)6(8)9/h6H,2-5H2,1H3. The van der Waals surface area contributed by atoms with Crippen molar-refractivity contribution in [1.82, 2.24) is 0 Å². The van der Waals surface area contributed by atoms with E-state index in [1.165, 1.54) is 0 Å². The van der Waals surface area contributed by atoms with Crippen LogP contribution in [0.15, 0.2) is 0 Å². The van der Waals surface area contributed by atoms with Crippen molar-refractivity contribution in [2.45, 2.75) is 29.9 Å². The number of rotatable bonds is 5. The lowest BCUT2D eigenvalue weighted by Gasteiger charge is -2.03. The van der Waals surface area contributed by atoms with Gasteiger partial charge in [0.2, 0.25) is 0 Å². The minimum absolute atomic E-state index is 0.249. The Morgan fingerprint density at radius 2 is 2.09 bits per heavy atom. The van der Waals surface area contributed by atoms with Crippen LogP contribution in [0.1, 0.15) is 26.2 Å². The minimum atomic E-state index is -0.364. The minimum Gasteiger partial charge on any atom is -0.464 e. The number of esters is 1. The van der Waals surface area contributed by atoms with Crippen LogP contribution in [-0.2, 0) is 9.53 Å². The number of hydrogen-bond donors (Lipinski definition) is 0. The summed E-state index contributed by atoms with van der Waals surface area (Å²) in [5.74, 6) is -0.249. The molecular formula is C7H12Br2O2. The summed E-state index contributed by atoms with van der Waals surface area (Å²) in [6, 6.07) is 0. The van der Waals surface area contributed by atoms with Crippen LogP contribution in [0.4, 0.5) is 0 Å². The lowest BCUT2D eigenvalue weighted by atomic mass is 10.3. The molecule has 11 heavy (non-hydrogen) atoms. The predicted molar refractivity (Wildman–Crippen MR) is 52.1 cm³/mol. The van der Waals surface area contributed by atoms with Gasteiger partial charge in [0.15, 0.2) is 3.74 Å². The highest BCUT2D eigenvalue weighted by molar-refractivity contribution is 9.25. The maximum absolute atomic E-state index is 10.8. The first-order valence-electron chi connectivity index (χ1n) is 3.63. The second-order valence-electron chi connectivity index (χ2n) is 2.18. The Labute approximate surface area is 83.9 Å². The molecule has 0 unspecified atom stereocenters. The first kappa shape index (κ1) is 11.4. The predicted octanol–water partition coefficient (Wildman–Crippen LogP) is 2.84. The normalized spacial score (nSPS) is 10.2. The Kier molecular flexibility index (Phi) is 7.38. The summed E-state index contributed by atoms with van der Waals surface area (Å²) in [5, 5.41) is 0. The molecule has 0 aromatic carbocycles. The molecule has 2 nitrogen and oxygen atoms in total. The highest BCUT2D eigenvalue weighted by atomic mass is 79.9. The van der Waals surface area contributed by atoms with Gasteiger partial charge in [0.05, 0.1) is 6.61 Å². The molecule has 0 aliphatic heterocycles. The number of halogens is 2. The SMILES string of the molecule is CCCCCOC(=O)C(Br)Br. The third-order valence-corrected chi connectivity index (χ3v) is 1.92. The molecule has 0 spiro atoms. The fourth-order valence-corrected chi connectivity index (χ4v) is 0.852. The second kappa shape index (κ2) is 7.10. The van der Waals surface area contributed by atoms with E-state index in [2.05, 4.69) is 38.8 Å². The van der Waals surface area contributed by atoms with Crippen LogP contribution >= 0.6 is 31.9 Å². The van der Waals surface area contributed by atoms with Crippen molar-refractivity contribution in [1.29, 1.82) is 0 Å². The summed E-state index contributed by atoms with van der Waals surface area (Å²) in [4.78, 5) is 10.8.